The van der Waals surface area contributed by atoms with E-state index in [1.165, 1.54) is 12.4 Å². The zero-order valence-electron chi connectivity index (χ0n) is 17.2. The molecular weight excluding hydrogens is 451 g/mol. The van der Waals surface area contributed by atoms with Gasteiger partial charge in [0.2, 0.25) is 0 Å². The van der Waals surface area contributed by atoms with Gasteiger partial charge in [-0.15, -0.1) is 10.2 Å². The van der Waals surface area contributed by atoms with Crippen molar-refractivity contribution in [1.82, 2.24) is 19.7 Å². The van der Waals surface area contributed by atoms with Gasteiger partial charge in [-0.1, -0.05) is 42.1 Å². The molecule has 33 heavy (non-hydrogen) atoms. The van der Waals surface area contributed by atoms with Gasteiger partial charge >= 0.3 is 6.18 Å². The highest BCUT2D eigenvalue weighted by atomic mass is 32.2. The molecule has 0 aliphatic heterocycles. The van der Waals surface area contributed by atoms with E-state index < -0.39 is 12.7 Å². The molecule has 0 bridgehead atoms. The minimum absolute atomic E-state index is 0.119. The van der Waals surface area contributed by atoms with Crippen LogP contribution in [0.2, 0.25) is 0 Å². The van der Waals surface area contributed by atoms with Crippen LogP contribution in [-0.4, -0.2) is 31.8 Å². The summed E-state index contributed by atoms with van der Waals surface area (Å²) in [5.74, 6) is 0.167. The number of para-hydroxylation sites is 1. The van der Waals surface area contributed by atoms with Gasteiger partial charge < -0.3 is 5.32 Å². The quantitative estimate of drug-likeness (QED) is 0.365. The summed E-state index contributed by atoms with van der Waals surface area (Å²) in [6.45, 7) is -1.21. The molecule has 0 radical (unpaired) electrons. The number of carbonyl (C=O) groups excluding carboxylic acids is 1. The Balaban J connectivity index is 1.52. The third-order valence-electron chi connectivity index (χ3n) is 4.58. The number of nitrogens with one attached hydrogen (secondary N) is 1. The van der Waals surface area contributed by atoms with Gasteiger partial charge in [-0.25, -0.2) is 0 Å². The van der Waals surface area contributed by atoms with Crippen LogP contribution in [0.25, 0.3) is 11.4 Å². The number of hydrogen-bond donors (Lipinski definition) is 1. The van der Waals surface area contributed by atoms with Crippen molar-refractivity contribution in [2.75, 3.05) is 5.32 Å². The highest BCUT2D eigenvalue weighted by Crippen LogP contribution is 2.30. The molecule has 2 aromatic carbocycles. The number of pyridine rings is 1. The molecule has 0 atom stereocenters. The lowest BCUT2D eigenvalue weighted by Crippen LogP contribution is -2.19. The van der Waals surface area contributed by atoms with E-state index in [-0.39, 0.29) is 16.9 Å². The topological polar surface area (TPSA) is 72.7 Å². The van der Waals surface area contributed by atoms with Gasteiger partial charge in [0.15, 0.2) is 11.0 Å². The minimum Gasteiger partial charge on any atom is -0.322 e. The highest BCUT2D eigenvalue weighted by molar-refractivity contribution is 7.98. The molecule has 2 heterocycles. The van der Waals surface area contributed by atoms with E-state index >= 15 is 0 Å². The second-order valence-electron chi connectivity index (χ2n) is 7.05. The molecule has 4 aromatic rings. The third-order valence-corrected chi connectivity index (χ3v) is 5.62. The molecule has 0 saturated carbocycles. The second-order valence-corrected chi connectivity index (χ2v) is 8.00. The first-order valence-corrected chi connectivity index (χ1v) is 10.9. The molecule has 10 heteroatoms. The predicted octanol–water partition coefficient (Wildman–Crippen LogP) is 5.45. The fourth-order valence-electron chi connectivity index (χ4n) is 3.11. The lowest BCUT2D eigenvalue weighted by Gasteiger charge is -2.12. The second kappa shape index (κ2) is 9.86. The summed E-state index contributed by atoms with van der Waals surface area (Å²) in [4.78, 5) is 16.4. The van der Waals surface area contributed by atoms with Gasteiger partial charge in [0.1, 0.15) is 6.54 Å². The van der Waals surface area contributed by atoms with E-state index in [9.17, 15) is 18.0 Å². The number of amides is 1. The molecule has 1 amide bonds. The summed E-state index contributed by atoms with van der Waals surface area (Å²) < 4.78 is 40.8. The van der Waals surface area contributed by atoms with Crippen molar-refractivity contribution in [2.24, 2.45) is 0 Å². The van der Waals surface area contributed by atoms with E-state index in [0.717, 1.165) is 21.9 Å². The molecule has 0 spiro atoms. The Bertz CT molecular complexity index is 1230. The van der Waals surface area contributed by atoms with Gasteiger partial charge in [-0.2, -0.15) is 13.2 Å². The van der Waals surface area contributed by atoms with Crippen LogP contribution in [0.1, 0.15) is 15.9 Å². The molecule has 0 unspecified atom stereocenters. The Kier molecular flexibility index (Phi) is 6.74. The lowest BCUT2D eigenvalue weighted by atomic mass is 10.1. The Morgan fingerprint density at radius 3 is 2.45 bits per heavy atom. The first-order valence-electron chi connectivity index (χ1n) is 9.87. The fraction of sp³-hybridized carbons (Fsp3) is 0.130. The summed E-state index contributed by atoms with van der Waals surface area (Å²) in [6, 6.07) is 19.2. The average molecular weight is 469 g/mol. The van der Waals surface area contributed by atoms with Gasteiger partial charge in [-0.05, 0) is 42.0 Å². The maximum atomic E-state index is 13.2. The standard InChI is InChI=1S/C23H18F3N5OS/c24-23(25,26)15-31-20(17-9-11-27-12-10-17)29-30-22(31)33-14-16-5-4-6-18(13-16)21(32)28-19-7-2-1-3-8-19/h1-13H,14-15H2,(H,28,32). The molecular formula is C23H18F3N5OS. The molecule has 0 aliphatic carbocycles. The van der Waals surface area contributed by atoms with Gasteiger partial charge in [0.25, 0.3) is 5.91 Å². The number of aromatic nitrogens is 4. The van der Waals surface area contributed by atoms with Crippen molar-refractivity contribution in [3.63, 3.8) is 0 Å². The molecule has 6 nitrogen and oxygen atoms in total. The van der Waals surface area contributed by atoms with Crippen molar-refractivity contribution < 1.29 is 18.0 Å². The maximum Gasteiger partial charge on any atom is 0.406 e. The third kappa shape index (κ3) is 5.98. The van der Waals surface area contributed by atoms with Crippen molar-refractivity contribution >= 4 is 23.4 Å². The van der Waals surface area contributed by atoms with Gasteiger partial charge in [0, 0.05) is 35.0 Å². The fourth-order valence-corrected chi connectivity index (χ4v) is 3.99. The van der Waals surface area contributed by atoms with E-state index in [1.54, 1.807) is 48.5 Å². The number of hydrogen-bond acceptors (Lipinski definition) is 5. The van der Waals surface area contributed by atoms with Crippen LogP contribution in [0.5, 0.6) is 0 Å². The summed E-state index contributed by atoms with van der Waals surface area (Å²) in [7, 11) is 0. The zero-order chi connectivity index (χ0) is 23.3. The normalized spacial score (nSPS) is 11.4. The number of benzene rings is 2. The summed E-state index contributed by atoms with van der Waals surface area (Å²) in [6.07, 6.45) is -1.46. The average Bonchev–Trinajstić information content (AvgIpc) is 3.20. The molecule has 168 valence electrons. The molecule has 0 aliphatic rings. The SMILES string of the molecule is O=C(Nc1ccccc1)c1cccc(CSc2nnc(-c3ccncc3)n2CC(F)(F)F)c1. The molecule has 0 fully saturated rings. The van der Waals surface area contributed by atoms with E-state index in [4.69, 9.17) is 0 Å². The van der Waals surface area contributed by atoms with E-state index in [0.29, 0.717) is 22.6 Å². The minimum atomic E-state index is -4.44. The Morgan fingerprint density at radius 2 is 1.73 bits per heavy atom. The summed E-state index contributed by atoms with van der Waals surface area (Å²) in [5.41, 5.74) is 2.39. The van der Waals surface area contributed by atoms with Crippen LogP contribution in [0.3, 0.4) is 0 Å². The Labute approximate surface area is 191 Å². The molecule has 2 aromatic heterocycles. The van der Waals surface area contributed by atoms with E-state index in [1.807, 2.05) is 18.2 Å². The number of halogens is 3. The first kappa shape index (κ1) is 22.5. The maximum absolute atomic E-state index is 13.2. The van der Waals surface area contributed by atoms with Crippen LogP contribution in [0, 0.1) is 0 Å². The summed E-state index contributed by atoms with van der Waals surface area (Å²) >= 11 is 1.12. The van der Waals surface area contributed by atoms with Crippen LogP contribution in [0.15, 0.2) is 84.3 Å². The van der Waals surface area contributed by atoms with Gasteiger partial charge in [0.05, 0.1) is 0 Å². The molecule has 4 rings (SSSR count). The molecule has 1 N–H and O–H groups in total. The zero-order valence-corrected chi connectivity index (χ0v) is 18.0. The molecule has 0 saturated heterocycles. The number of nitrogens with zero attached hydrogens (tertiary/aromatic N) is 4. The van der Waals surface area contributed by atoms with Crippen molar-refractivity contribution in [1.29, 1.82) is 0 Å². The van der Waals surface area contributed by atoms with Crippen molar-refractivity contribution in [2.45, 2.75) is 23.6 Å². The number of carbonyl (C=O) groups is 1. The lowest BCUT2D eigenvalue weighted by molar-refractivity contribution is -0.141. The monoisotopic (exact) mass is 469 g/mol. The van der Waals surface area contributed by atoms with E-state index in [2.05, 4.69) is 20.5 Å². The highest BCUT2D eigenvalue weighted by Gasteiger charge is 2.31. The number of rotatable bonds is 7. The van der Waals surface area contributed by atoms with Crippen LogP contribution >= 0.6 is 11.8 Å². The van der Waals surface area contributed by atoms with Crippen LogP contribution in [-0.2, 0) is 12.3 Å². The Hall–Kier alpha value is -3.66. The first-order chi connectivity index (χ1) is 15.9. The Morgan fingerprint density at radius 1 is 0.970 bits per heavy atom. The largest absolute Gasteiger partial charge is 0.406 e. The summed E-state index contributed by atoms with van der Waals surface area (Å²) in [5, 5.41) is 10.9. The predicted molar refractivity (Wildman–Crippen MR) is 120 cm³/mol. The van der Waals surface area contributed by atoms with Gasteiger partial charge in [-0.3, -0.25) is 14.3 Å². The van der Waals surface area contributed by atoms with Crippen molar-refractivity contribution in [3.8, 4) is 11.4 Å². The smallest absolute Gasteiger partial charge is 0.322 e. The van der Waals surface area contributed by atoms with Crippen LogP contribution < -0.4 is 5.32 Å². The number of alkyl halides is 3. The number of thioether (sulfide) groups is 1. The number of anilines is 1. The van der Waals surface area contributed by atoms with Crippen molar-refractivity contribution in [3.05, 3.63) is 90.3 Å². The van der Waals surface area contributed by atoms with Crippen LogP contribution in [0.4, 0.5) is 18.9 Å².